The van der Waals surface area contributed by atoms with Crippen molar-refractivity contribution in [3.8, 4) is 0 Å². The molecule has 0 bridgehead atoms. The number of fused-ring (bicyclic) bond motifs is 1. The SMILES string of the molecule is COCO[C@H]1[C@H]2OC(C)(C)O[C@H]2O[C@@H]1CO. The molecule has 0 unspecified atom stereocenters. The highest BCUT2D eigenvalue weighted by Crippen LogP contribution is 2.38. The highest BCUT2D eigenvalue weighted by Gasteiger charge is 2.55. The van der Waals surface area contributed by atoms with Crippen molar-refractivity contribution >= 4 is 0 Å². The molecular weight excluding hydrogens is 216 g/mol. The topological polar surface area (TPSA) is 66.4 Å². The average Bonchev–Trinajstić information content (AvgIpc) is 2.67. The van der Waals surface area contributed by atoms with Crippen molar-refractivity contribution in [2.24, 2.45) is 0 Å². The van der Waals surface area contributed by atoms with Crippen LogP contribution in [-0.2, 0) is 23.7 Å². The van der Waals surface area contributed by atoms with Gasteiger partial charge in [-0.3, -0.25) is 0 Å². The third-order valence-corrected chi connectivity index (χ3v) is 2.65. The van der Waals surface area contributed by atoms with E-state index >= 15 is 0 Å². The minimum absolute atomic E-state index is 0.130. The molecule has 16 heavy (non-hydrogen) atoms. The Balaban J connectivity index is 2.02. The van der Waals surface area contributed by atoms with Crippen LogP contribution in [0.1, 0.15) is 13.8 Å². The van der Waals surface area contributed by atoms with Crippen molar-refractivity contribution < 1.29 is 28.8 Å². The average molecular weight is 234 g/mol. The quantitative estimate of drug-likeness (QED) is 0.682. The predicted molar refractivity (Wildman–Crippen MR) is 52.5 cm³/mol. The minimum atomic E-state index is -0.676. The molecule has 1 N–H and O–H groups in total. The van der Waals surface area contributed by atoms with Crippen molar-refractivity contribution in [3.05, 3.63) is 0 Å². The first-order valence-corrected chi connectivity index (χ1v) is 5.30. The molecule has 0 aromatic carbocycles. The van der Waals surface area contributed by atoms with Crippen LogP contribution in [0.2, 0.25) is 0 Å². The molecule has 2 saturated heterocycles. The Morgan fingerprint density at radius 2 is 2.06 bits per heavy atom. The van der Waals surface area contributed by atoms with Gasteiger partial charge in [-0.05, 0) is 13.8 Å². The Morgan fingerprint density at radius 3 is 2.69 bits per heavy atom. The van der Waals surface area contributed by atoms with Gasteiger partial charge in [0.25, 0.3) is 0 Å². The van der Waals surface area contributed by atoms with Crippen molar-refractivity contribution in [2.45, 2.75) is 44.2 Å². The Morgan fingerprint density at radius 1 is 1.31 bits per heavy atom. The van der Waals surface area contributed by atoms with Gasteiger partial charge in [0.15, 0.2) is 12.1 Å². The molecule has 0 aromatic rings. The van der Waals surface area contributed by atoms with Gasteiger partial charge in [0, 0.05) is 7.11 Å². The fraction of sp³-hybridized carbons (Fsp3) is 1.00. The summed E-state index contributed by atoms with van der Waals surface area (Å²) < 4.78 is 27.0. The Hall–Kier alpha value is -0.240. The van der Waals surface area contributed by atoms with E-state index in [0.29, 0.717) is 0 Å². The lowest BCUT2D eigenvalue weighted by atomic mass is 10.1. The monoisotopic (exact) mass is 234 g/mol. The molecule has 0 amide bonds. The van der Waals surface area contributed by atoms with E-state index in [1.807, 2.05) is 13.8 Å². The van der Waals surface area contributed by atoms with E-state index < -0.39 is 18.2 Å². The maximum absolute atomic E-state index is 9.16. The highest BCUT2D eigenvalue weighted by molar-refractivity contribution is 4.93. The van der Waals surface area contributed by atoms with Crippen LogP contribution in [0.4, 0.5) is 0 Å². The molecule has 0 saturated carbocycles. The predicted octanol–water partition coefficient (Wildman–Crippen LogP) is -0.156. The van der Waals surface area contributed by atoms with Gasteiger partial charge in [-0.1, -0.05) is 0 Å². The lowest BCUT2D eigenvalue weighted by Crippen LogP contribution is -2.38. The van der Waals surface area contributed by atoms with Crippen molar-refractivity contribution in [2.75, 3.05) is 20.5 Å². The van der Waals surface area contributed by atoms with Crippen molar-refractivity contribution in [1.82, 2.24) is 0 Å². The Bertz CT molecular complexity index is 243. The van der Waals surface area contributed by atoms with E-state index in [-0.39, 0.29) is 25.6 Å². The van der Waals surface area contributed by atoms with Gasteiger partial charge >= 0.3 is 0 Å². The van der Waals surface area contributed by atoms with E-state index in [4.69, 9.17) is 28.8 Å². The number of aliphatic hydroxyl groups is 1. The summed E-state index contributed by atoms with van der Waals surface area (Å²) in [6.07, 6.45) is -1.59. The Labute approximate surface area is 94.4 Å². The van der Waals surface area contributed by atoms with E-state index in [0.717, 1.165) is 0 Å². The molecular formula is C10H18O6. The molecule has 6 nitrogen and oxygen atoms in total. The zero-order valence-electron chi connectivity index (χ0n) is 9.71. The van der Waals surface area contributed by atoms with Crippen molar-refractivity contribution in [3.63, 3.8) is 0 Å². The molecule has 2 rings (SSSR count). The number of hydrogen-bond acceptors (Lipinski definition) is 6. The number of aliphatic hydroxyl groups excluding tert-OH is 1. The number of hydrogen-bond donors (Lipinski definition) is 1. The first kappa shape index (κ1) is 12.2. The van der Waals surface area contributed by atoms with Gasteiger partial charge in [-0.2, -0.15) is 0 Å². The molecule has 4 atom stereocenters. The highest BCUT2D eigenvalue weighted by atomic mass is 16.8. The molecule has 2 heterocycles. The van der Waals surface area contributed by atoms with Gasteiger partial charge in [0.05, 0.1) is 6.61 Å². The minimum Gasteiger partial charge on any atom is -0.394 e. The fourth-order valence-electron chi connectivity index (χ4n) is 2.04. The molecule has 2 aliphatic rings. The van der Waals surface area contributed by atoms with E-state index in [2.05, 4.69) is 0 Å². The molecule has 2 aliphatic heterocycles. The fourth-order valence-corrected chi connectivity index (χ4v) is 2.04. The molecule has 94 valence electrons. The molecule has 6 heteroatoms. The van der Waals surface area contributed by atoms with E-state index in [1.54, 1.807) is 0 Å². The van der Waals surface area contributed by atoms with Crippen LogP contribution >= 0.6 is 0 Å². The third-order valence-electron chi connectivity index (χ3n) is 2.65. The number of ether oxygens (including phenoxy) is 5. The lowest BCUT2D eigenvalue weighted by molar-refractivity contribution is -0.227. The van der Waals surface area contributed by atoms with Crippen molar-refractivity contribution in [1.29, 1.82) is 0 Å². The third kappa shape index (κ3) is 2.22. The summed E-state index contributed by atoms with van der Waals surface area (Å²) >= 11 is 0. The summed E-state index contributed by atoms with van der Waals surface area (Å²) in [5, 5.41) is 9.16. The van der Waals surface area contributed by atoms with Gasteiger partial charge in [0.2, 0.25) is 0 Å². The second kappa shape index (κ2) is 4.56. The molecule has 0 aromatic heterocycles. The van der Waals surface area contributed by atoms with Crippen LogP contribution in [0, 0.1) is 0 Å². The number of methoxy groups -OCH3 is 1. The summed E-state index contributed by atoms with van der Waals surface area (Å²) in [5.74, 6) is -0.676. The summed E-state index contributed by atoms with van der Waals surface area (Å²) in [7, 11) is 1.54. The van der Waals surface area contributed by atoms with Crippen LogP contribution in [-0.4, -0.2) is 56.0 Å². The van der Waals surface area contributed by atoms with Crippen LogP contribution in [0.5, 0.6) is 0 Å². The smallest absolute Gasteiger partial charge is 0.190 e. The van der Waals surface area contributed by atoms with Crippen LogP contribution < -0.4 is 0 Å². The van der Waals surface area contributed by atoms with Gasteiger partial charge in [-0.25, -0.2) is 0 Å². The van der Waals surface area contributed by atoms with Crippen LogP contribution in [0.25, 0.3) is 0 Å². The lowest BCUT2D eigenvalue weighted by Gasteiger charge is -2.24. The van der Waals surface area contributed by atoms with Gasteiger partial charge in [-0.15, -0.1) is 0 Å². The second-order valence-corrected chi connectivity index (χ2v) is 4.36. The van der Waals surface area contributed by atoms with E-state index in [1.165, 1.54) is 7.11 Å². The first-order valence-electron chi connectivity index (χ1n) is 5.30. The standard InChI is InChI=1S/C10H18O6/c1-10(2)15-8-7(13-5-12-3)6(4-11)14-9(8)16-10/h6-9,11H,4-5H2,1-3H3/t6-,7-,8-,9-/m1/s1. The molecule has 0 spiro atoms. The zero-order valence-corrected chi connectivity index (χ0v) is 9.71. The molecule has 0 radical (unpaired) electrons. The Kier molecular flexibility index (Phi) is 3.48. The normalized spacial score (nSPS) is 41.2. The molecule has 2 fully saturated rings. The summed E-state index contributed by atoms with van der Waals surface area (Å²) in [6, 6.07) is 0. The maximum Gasteiger partial charge on any atom is 0.190 e. The van der Waals surface area contributed by atoms with Gasteiger partial charge in [0.1, 0.15) is 25.1 Å². The maximum atomic E-state index is 9.16. The summed E-state index contributed by atoms with van der Waals surface area (Å²) in [4.78, 5) is 0. The van der Waals surface area contributed by atoms with Crippen LogP contribution in [0.15, 0.2) is 0 Å². The number of rotatable bonds is 4. The largest absolute Gasteiger partial charge is 0.394 e. The second-order valence-electron chi connectivity index (χ2n) is 4.36. The zero-order chi connectivity index (χ0) is 11.8. The van der Waals surface area contributed by atoms with Gasteiger partial charge < -0.3 is 28.8 Å². The van der Waals surface area contributed by atoms with E-state index in [9.17, 15) is 0 Å². The first-order chi connectivity index (χ1) is 7.57. The van der Waals surface area contributed by atoms with Crippen LogP contribution in [0.3, 0.4) is 0 Å². The summed E-state index contributed by atoms with van der Waals surface area (Å²) in [5.41, 5.74) is 0. The summed E-state index contributed by atoms with van der Waals surface area (Å²) in [6.45, 7) is 3.64. The molecule has 0 aliphatic carbocycles.